The first-order chi connectivity index (χ1) is 9.06. The van der Waals surface area contributed by atoms with Crippen molar-refractivity contribution in [3.8, 4) is 0 Å². The van der Waals surface area contributed by atoms with Crippen molar-refractivity contribution in [3.05, 3.63) is 40.9 Å². The van der Waals surface area contributed by atoms with Gasteiger partial charge in [-0.05, 0) is 29.7 Å². The normalized spacial score (nSPS) is 11.5. The van der Waals surface area contributed by atoms with Gasteiger partial charge in [0.25, 0.3) is 10.0 Å². The molecule has 19 heavy (non-hydrogen) atoms. The van der Waals surface area contributed by atoms with E-state index in [4.69, 9.17) is 5.73 Å². The second-order valence-electron chi connectivity index (χ2n) is 3.93. The molecular formula is C12H15N3O2S2. The zero-order chi connectivity index (χ0) is 13.9. The molecule has 0 fully saturated rings. The lowest BCUT2D eigenvalue weighted by Crippen LogP contribution is -2.14. The van der Waals surface area contributed by atoms with Crippen LogP contribution < -0.4 is 10.5 Å². The quantitative estimate of drug-likeness (QED) is 0.883. The van der Waals surface area contributed by atoms with Gasteiger partial charge >= 0.3 is 0 Å². The molecule has 3 N–H and O–H groups in total. The zero-order valence-electron chi connectivity index (χ0n) is 10.5. The van der Waals surface area contributed by atoms with E-state index in [2.05, 4.69) is 9.71 Å². The maximum Gasteiger partial charge on any atom is 0.263 e. The summed E-state index contributed by atoms with van der Waals surface area (Å²) in [5.74, 6) is 0. The number of hydrogen-bond acceptors (Lipinski definition) is 5. The van der Waals surface area contributed by atoms with Gasteiger partial charge < -0.3 is 5.73 Å². The Bertz CT molecular complexity index is 652. The summed E-state index contributed by atoms with van der Waals surface area (Å²) >= 11 is 1.24. The minimum atomic E-state index is -3.60. The third-order valence-corrected chi connectivity index (χ3v) is 4.90. The number of nitrogens with two attached hydrogens (primary N) is 1. The molecule has 0 spiro atoms. The molecule has 0 unspecified atom stereocenters. The number of benzene rings is 1. The number of rotatable bonds is 5. The maximum absolute atomic E-state index is 12.2. The summed E-state index contributed by atoms with van der Waals surface area (Å²) in [5.41, 5.74) is 7.57. The van der Waals surface area contributed by atoms with Gasteiger partial charge in [0.1, 0.15) is 0 Å². The first kappa shape index (κ1) is 14.0. The van der Waals surface area contributed by atoms with Crippen LogP contribution in [0.25, 0.3) is 0 Å². The summed E-state index contributed by atoms with van der Waals surface area (Å²) in [6, 6.07) is 5.02. The predicted octanol–water partition coefficient (Wildman–Crippen LogP) is 1.97. The lowest BCUT2D eigenvalue weighted by Gasteiger charge is -2.10. The van der Waals surface area contributed by atoms with Crippen molar-refractivity contribution in [2.45, 2.75) is 24.8 Å². The van der Waals surface area contributed by atoms with Gasteiger partial charge in [-0.2, -0.15) is 0 Å². The molecule has 5 nitrogen and oxygen atoms in total. The van der Waals surface area contributed by atoms with Gasteiger partial charge in [0.05, 0.1) is 4.90 Å². The molecule has 2 rings (SSSR count). The Hall–Kier alpha value is -1.44. The van der Waals surface area contributed by atoms with Crippen molar-refractivity contribution in [3.63, 3.8) is 0 Å². The van der Waals surface area contributed by atoms with Gasteiger partial charge in [-0.1, -0.05) is 13.0 Å². The molecule has 7 heteroatoms. The Kier molecular flexibility index (Phi) is 4.18. The minimum absolute atomic E-state index is 0.209. The number of sulfonamides is 1. The van der Waals surface area contributed by atoms with Gasteiger partial charge in [-0.15, -0.1) is 11.3 Å². The number of hydrogen-bond donors (Lipinski definition) is 2. The Labute approximate surface area is 116 Å². The van der Waals surface area contributed by atoms with Crippen LogP contribution in [0.2, 0.25) is 0 Å². The smallest absolute Gasteiger partial charge is 0.263 e. The summed E-state index contributed by atoms with van der Waals surface area (Å²) in [6.07, 6.45) is 2.38. The largest absolute Gasteiger partial charge is 0.326 e. The highest BCUT2D eigenvalue weighted by Crippen LogP contribution is 2.20. The number of nitrogens with one attached hydrogen (secondary N) is 1. The minimum Gasteiger partial charge on any atom is -0.326 e. The lowest BCUT2D eigenvalue weighted by molar-refractivity contribution is 0.601. The van der Waals surface area contributed by atoms with Crippen LogP contribution in [0.3, 0.4) is 0 Å². The Morgan fingerprint density at radius 1 is 1.37 bits per heavy atom. The average molecular weight is 297 g/mol. The van der Waals surface area contributed by atoms with Gasteiger partial charge in [0.15, 0.2) is 5.13 Å². The molecule has 1 aromatic carbocycles. The molecule has 0 saturated heterocycles. The van der Waals surface area contributed by atoms with Crippen molar-refractivity contribution >= 4 is 26.5 Å². The lowest BCUT2D eigenvalue weighted by atomic mass is 10.1. The van der Waals surface area contributed by atoms with Crippen molar-refractivity contribution in [2.75, 3.05) is 4.72 Å². The van der Waals surface area contributed by atoms with E-state index in [9.17, 15) is 8.42 Å². The van der Waals surface area contributed by atoms with Crippen LogP contribution >= 0.6 is 11.3 Å². The summed E-state index contributed by atoms with van der Waals surface area (Å²) in [7, 11) is -3.60. The molecule has 1 aromatic heterocycles. The first-order valence-electron chi connectivity index (χ1n) is 5.81. The number of thiazole rings is 1. The van der Waals surface area contributed by atoms with Crippen LogP contribution in [-0.4, -0.2) is 13.4 Å². The highest BCUT2D eigenvalue weighted by Gasteiger charge is 2.16. The van der Waals surface area contributed by atoms with Gasteiger partial charge in [-0.25, -0.2) is 13.4 Å². The van der Waals surface area contributed by atoms with Crippen LogP contribution in [-0.2, 0) is 23.0 Å². The Morgan fingerprint density at radius 2 is 2.16 bits per heavy atom. The fraction of sp³-hybridized carbons (Fsp3) is 0.250. The highest BCUT2D eigenvalue weighted by atomic mass is 32.2. The predicted molar refractivity (Wildman–Crippen MR) is 76.6 cm³/mol. The summed E-state index contributed by atoms with van der Waals surface area (Å²) in [6.45, 7) is 2.33. The topological polar surface area (TPSA) is 85.1 Å². The number of anilines is 1. The molecule has 0 amide bonds. The fourth-order valence-corrected chi connectivity index (χ4v) is 3.59. The number of nitrogens with zero attached hydrogens (tertiary/aromatic N) is 1. The second kappa shape index (κ2) is 5.68. The third-order valence-electron chi connectivity index (χ3n) is 2.74. The van der Waals surface area contributed by atoms with E-state index in [1.807, 2.05) is 6.92 Å². The number of aromatic nitrogens is 1. The van der Waals surface area contributed by atoms with E-state index < -0.39 is 10.0 Å². The van der Waals surface area contributed by atoms with Gasteiger partial charge in [-0.3, -0.25) is 4.72 Å². The van der Waals surface area contributed by atoms with Gasteiger partial charge in [0, 0.05) is 18.1 Å². The van der Waals surface area contributed by atoms with E-state index in [1.54, 1.807) is 29.8 Å². The van der Waals surface area contributed by atoms with E-state index in [-0.39, 0.29) is 4.90 Å². The Morgan fingerprint density at radius 3 is 2.74 bits per heavy atom. The summed E-state index contributed by atoms with van der Waals surface area (Å²) in [4.78, 5) is 4.12. The molecule has 0 bridgehead atoms. The third kappa shape index (κ3) is 3.12. The molecule has 0 aliphatic rings. The van der Waals surface area contributed by atoms with E-state index in [1.165, 1.54) is 11.3 Å². The van der Waals surface area contributed by atoms with Gasteiger partial charge in [0.2, 0.25) is 0 Å². The molecule has 0 radical (unpaired) electrons. The second-order valence-corrected chi connectivity index (χ2v) is 6.51. The molecule has 2 aromatic rings. The van der Waals surface area contributed by atoms with E-state index in [0.29, 0.717) is 11.7 Å². The summed E-state index contributed by atoms with van der Waals surface area (Å²) in [5, 5.41) is 2.07. The van der Waals surface area contributed by atoms with Crippen molar-refractivity contribution in [1.82, 2.24) is 4.98 Å². The molecule has 0 atom stereocenters. The van der Waals surface area contributed by atoms with Crippen LogP contribution in [0.4, 0.5) is 5.13 Å². The SMILES string of the molecule is CCc1ccc(S(=O)(=O)Nc2nccs2)cc1CN. The van der Waals surface area contributed by atoms with Crippen molar-refractivity contribution in [1.29, 1.82) is 0 Å². The average Bonchev–Trinajstić information content (AvgIpc) is 2.89. The van der Waals surface area contributed by atoms with E-state index >= 15 is 0 Å². The highest BCUT2D eigenvalue weighted by molar-refractivity contribution is 7.93. The van der Waals surface area contributed by atoms with Crippen molar-refractivity contribution < 1.29 is 8.42 Å². The zero-order valence-corrected chi connectivity index (χ0v) is 12.1. The maximum atomic E-state index is 12.2. The monoisotopic (exact) mass is 297 g/mol. The van der Waals surface area contributed by atoms with E-state index in [0.717, 1.165) is 17.5 Å². The van der Waals surface area contributed by atoms with Crippen LogP contribution in [0.1, 0.15) is 18.1 Å². The molecule has 102 valence electrons. The Balaban J connectivity index is 2.35. The number of aryl methyl sites for hydroxylation is 1. The summed E-state index contributed by atoms with van der Waals surface area (Å²) < 4.78 is 26.8. The van der Waals surface area contributed by atoms with Crippen LogP contribution in [0, 0.1) is 0 Å². The molecule has 0 aliphatic heterocycles. The molecule has 0 saturated carbocycles. The van der Waals surface area contributed by atoms with Crippen LogP contribution in [0.5, 0.6) is 0 Å². The van der Waals surface area contributed by atoms with Crippen LogP contribution in [0.15, 0.2) is 34.7 Å². The fourth-order valence-electron chi connectivity index (χ4n) is 1.75. The first-order valence-corrected chi connectivity index (χ1v) is 8.17. The standard InChI is InChI=1S/C12H15N3O2S2/c1-2-9-3-4-11(7-10(9)8-13)19(16,17)15-12-14-5-6-18-12/h3-7H,2,8,13H2,1H3,(H,14,15). The molecule has 0 aliphatic carbocycles. The molecule has 1 heterocycles. The molecular weight excluding hydrogens is 282 g/mol. The van der Waals surface area contributed by atoms with Crippen molar-refractivity contribution in [2.24, 2.45) is 5.73 Å².